The Morgan fingerprint density at radius 1 is 0.800 bits per heavy atom. The molecular weight excluding hydrogens is 376 g/mol. The summed E-state index contributed by atoms with van der Waals surface area (Å²) in [7, 11) is 0. The lowest BCUT2D eigenvalue weighted by Crippen LogP contribution is -2.34. The van der Waals surface area contributed by atoms with Crippen LogP contribution in [0.25, 0.3) is 0 Å². The van der Waals surface area contributed by atoms with E-state index in [1.807, 2.05) is 24.3 Å². The lowest BCUT2D eigenvalue weighted by atomic mass is 9.69. The Balaban J connectivity index is 1.50. The lowest BCUT2D eigenvalue weighted by Gasteiger charge is -2.40. The Bertz CT molecular complexity index is 786. The number of alkyl halides is 2. The molecule has 2 aromatic rings. The number of rotatable bonds is 10. The van der Waals surface area contributed by atoms with E-state index in [1.165, 1.54) is 5.56 Å². The van der Waals surface area contributed by atoms with Gasteiger partial charge in [0, 0.05) is 6.54 Å². The van der Waals surface area contributed by atoms with Crippen LogP contribution >= 0.6 is 0 Å². The highest BCUT2D eigenvalue weighted by molar-refractivity contribution is 5.44. The van der Waals surface area contributed by atoms with Crippen molar-refractivity contribution in [3.05, 3.63) is 70.8 Å². The molecule has 0 spiro atoms. The van der Waals surface area contributed by atoms with Gasteiger partial charge in [-0.25, -0.2) is 8.78 Å². The second kappa shape index (κ2) is 9.18. The SMILES string of the molecule is CCCN(CCCc1c(C2(F)CCC2)cccc1C1(F)CCC1)Cc1ccccc1. The van der Waals surface area contributed by atoms with Crippen molar-refractivity contribution < 1.29 is 8.78 Å². The lowest BCUT2D eigenvalue weighted by molar-refractivity contribution is 0.0513. The monoisotopic (exact) mass is 411 g/mol. The maximum atomic E-state index is 15.5. The Labute approximate surface area is 180 Å². The zero-order chi connectivity index (χ0) is 21.0. The van der Waals surface area contributed by atoms with E-state index < -0.39 is 11.3 Å². The molecule has 1 nitrogen and oxygen atoms in total. The van der Waals surface area contributed by atoms with E-state index in [2.05, 4.69) is 36.1 Å². The molecule has 2 aromatic carbocycles. The molecule has 162 valence electrons. The topological polar surface area (TPSA) is 3.24 Å². The molecule has 0 amide bonds. The van der Waals surface area contributed by atoms with Crippen LogP contribution in [0.4, 0.5) is 8.78 Å². The predicted octanol–water partition coefficient (Wildman–Crippen LogP) is 7.23. The van der Waals surface area contributed by atoms with Crippen LogP contribution in [-0.2, 0) is 24.3 Å². The summed E-state index contributed by atoms with van der Waals surface area (Å²) in [5, 5.41) is 0. The summed E-state index contributed by atoms with van der Waals surface area (Å²) in [5.74, 6) is 0. The van der Waals surface area contributed by atoms with Gasteiger partial charge >= 0.3 is 0 Å². The Hall–Kier alpha value is -1.74. The zero-order valence-electron chi connectivity index (χ0n) is 18.3. The molecule has 0 aliphatic heterocycles. The van der Waals surface area contributed by atoms with Crippen LogP contribution in [0, 0.1) is 0 Å². The average molecular weight is 412 g/mol. The van der Waals surface area contributed by atoms with Gasteiger partial charge in [-0.2, -0.15) is 0 Å². The summed E-state index contributed by atoms with van der Waals surface area (Å²) in [6.45, 7) is 5.14. The second-order valence-electron chi connectivity index (χ2n) is 9.33. The third-order valence-corrected chi connectivity index (χ3v) is 7.12. The molecule has 4 rings (SSSR count). The van der Waals surface area contributed by atoms with Gasteiger partial charge in [0.15, 0.2) is 0 Å². The molecule has 3 heteroatoms. The van der Waals surface area contributed by atoms with Crippen LogP contribution in [0.15, 0.2) is 48.5 Å². The summed E-state index contributed by atoms with van der Waals surface area (Å²) in [5.41, 5.74) is 1.37. The van der Waals surface area contributed by atoms with Gasteiger partial charge in [-0.15, -0.1) is 0 Å². The first-order chi connectivity index (χ1) is 14.5. The molecule has 2 aliphatic carbocycles. The summed E-state index contributed by atoms with van der Waals surface area (Å²) < 4.78 is 30.9. The first-order valence-corrected chi connectivity index (χ1v) is 11.8. The molecule has 0 bridgehead atoms. The van der Waals surface area contributed by atoms with Crippen molar-refractivity contribution in [2.24, 2.45) is 0 Å². The smallest absolute Gasteiger partial charge is 0.136 e. The standard InChI is InChI=1S/C27H35F2N/c1-2-19-30(21-22-10-4-3-5-11-22)20-7-12-23-24(26(28)15-8-16-26)13-6-14-25(23)27(29)17-9-18-27/h3-6,10-11,13-14H,2,7-9,12,15-21H2,1H3. The second-order valence-corrected chi connectivity index (χ2v) is 9.33. The molecule has 0 aromatic heterocycles. The van der Waals surface area contributed by atoms with Gasteiger partial charge in [-0.1, -0.05) is 55.5 Å². The van der Waals surface area contributed by atoms with Crippen LogP contribution in [0.1, 0.15) is 80.5 Å². The van der Waals surface area contributed by atoms with E-state index in [4.69, 9.17) is 0 Å². The predicted molar refractivity (Wildman–Crippen MR) is 120 cm³/mol. The van der Waals surface area contributed by atoms with E-state index >= 15 is 8.78 Å². The molecule has 0 N–H and O–H groups in total. The Morgan fingerprint density at radius 2 is 1.40 bits per heavy atom. The zero-order valence-corrected chi connectivity index (χ0v) is 18.3. The van der Waals surface area contributed by atoms with Gasteiger partial charge in [-0.05, 0) is 93.1 Å². The molecular formula is C27H35F2N. The number of halogens is 2. The van der Waals surface area contributed by atoms with E-state index in [0.29, 0.717) is 25.7 Å². The first kappa shape index (κ1) is 21.5. The maximum Gasteiger partial charge on any atom is 0.136 e. The van der Waals surface area contributed by atoms with Crippen LogP contribution in [0.5, 0.6) is 0 Å². The molecule has 0 saturated heterocycles. The number of hydrogen-bond acceptors (Lipinski definition) is 1. The van der Waals surface area contributed by atoms with Crippen molar-refractivity contribution in [1.82, 2.24) is 4.90 Å². The van der Waals surface area contributed by atoms with Gasteiger partial charge in [-0.3, -0.25) is 4.90 Å². The van der Waals surface area contributed by atoms with Crippen LogP contribution in [0.3, 0.4) is 0 Å². The maximum absolute atomic E-state index is 15.5. The van der Waals surface area contributed by atoms with Gasteiger partial charge in [0.05, 0.1) is 0 Å². The minimum Gasteiger partial charge on any atom is -0.299 e. The van der Waals surface area contributed by atoms with Crippen molar-refractivity contribution in [1.29, 1.82) is 0 Å². The van der Waals surface area contributed by atoms with Crippen molar-refractivity contribution >= 4 is 0 Å². The number of hydrogen-bond donors (Lipinski definition) is 0. The van der Waals surface area contributed by atoms with E-state index in [-0.39, 0.29) is 0 Å². The fraction of sp³-hybridized carbons (Fsp3) is 0.556. The van der Waals surface area contributed by atoms with E-state index in [9.17, 15) is 0 Å². The highest BCUT2D eigenvalue weighted by Gasteiger charge is 2.45. The van der Waals surface area contributed by atoms with Gasteiger partial charge < -0.3 is 0 Å². The number of benzene rings is 2. The van der Waals surface area contributed by atoms with Gasteiger partial charge in [0.25, 0.3) is 0 Å². The summed E-state index contributed by atoms with van der Waals surface area (Å²) in [6, 6.07) is 16.3. The van der Waals surface area contributed by atoms with Gasteiger partial charge in [0.1, 0.15) is 11.3 Å². The van der Waals surface area contributed by atoms with E-state index in [0.717, 1.165) is 68.4 Å². The van der Waals surface area contributed by atoms with Crippen LogP contribution in [0.2, 0.25) is 0 Å². The van der Waals surface area contributed by atoms with Crippen molar-refractivity contribution in [2.45, 2.75) is 82.6 Å². The fourth-order valence-electron chi connectivity index (χ4n) is 5.12. The largest absolute Gasteiger partial charge is 0.299 e. The van der Waals surface area contributed by atoms with Gasteiger partial charge in [0.2, 0.25) is 0 Å². The average Bonchev–Trinajstić information content (AvgIpc) is 2.71. The van der Waals surface area contributed by atoms with Crippen molar-refractivity contribution in [3.63, 3.8) is 0 Å². The highest BCUT2D eigenvalue weighted by Crippen LogP contribution is 2.51. The third-order valence-electron chi connectivity index (χ3n) is 7.12. The molecule has 30 heavy (non-hydrogen) atoms. The molecule has 0 unspecified atom stereocenters. The summed E-state index contributed by atoms with van der Waals surface area (Å²) >= 11 is 0. The summed E-state index contributed by atoms with van der Waals surface area (Å²) in [4.78, 5) is 2.47. The first-order valence-electron chi connectivity index (χ1n) is 11.8. The Morgan fingerprint density at radius 3 is 1.90 bits per heavy atom. The number of nitrogens with zero attached hydrogens (tertiary/aromatic N) is 1. The summed E-state index contributed by atoms with van der Waals surface area (Å²) in [6.07, 6.45) is 7.00. The minimum atomic E-state index is -1.24. The van der Waals surface area contributed by atoms with Crippen LogP contribution in [-0.4, -0.2) is 18.0 Å². The van der Waals surface area contributed by atoms with E-state index in [1.54, 1.807) is 0 Å². The highest BCUT2D eigenvalue weighted by atomic mass is 19.1. The molecule has 0 atom stereocenters. The molecule has 0 radical (unpaired) electrons. The fourth-order valence-corrected chi connectivity index (χ4v) is 5.12. The van der Waals surface area contributed by atoms with Crippen molar-refractivity contribution in [2.75, 3.05) is 13.1 Å². The van der Waals surface area contributed by atoms with Crippen LogP contribution < -0.4 is 0 Å². The molecule has 2 saturated carbocycles. The molecule has 0 heterocycles. The normalized spacial score (nSPS) is 19.3. The third kappa shape index (κ3) is 4.46. The van der Waals surface area contributed by atoms with Crippen molar-refractivity contribution in [3.8, 4) is 0 Å². The molecule has 2 aliphatic rings. The Kier molecular flexibility index (Phi) is 6.57. The molecule has 2 fully saturated rings. The quantitative estimate of drug-likeness (QED) is 0.399. The minimum absolute atomic E-state index is 0.582.